The number of nitrogens with one attached hydrogen (secondary N) is 2. The summed E-state index contributed by atoms with van der Waals surface area (Å²) in [5.41, 5.74) is 4.04. The van der Waals surface area contributed by atoms with Crippen molar-refractivity contribution in [1.29, 1.82) is 0 Å². The zero-order valence-electron chi connectivity index (χ0n) is 17.1. The highest BCUT2D eigenvalue weighted by atomic mass is 32.2. The average molecular weight is 428 g/mol. The summed E-state index contributed by atoms with van der Waals surface area (Å²) in [6, 6.07) is 15.5. The van der Waals surface area contributed by atoms with Gasteiger partial charge in [-0.15, -0.1) is 0 Å². The molecule has 2 aliphatic rings. The molecule has 2 aliphatic heterocycles. The van der Waals surface area contributed by atoms with Crippen LogP contribution >= 0.6 is 0 Å². The van der Waals surface area contributed by atoms with Gasteiger partial charge in [-0.2, -0.15) is 0 Å². The third-order valence-corrected chi connectivity index (χ3v) is 7.96. The summed E-state index contributed by atoms with van der Waals surface area (Å²) in [5.74, 6) is 0.402. The van der Waals surface area contributed by atoms with Crippen LogP contribution < -0.4 is 10.6 Å². The first-order valence-electron chi connectivity index (χ1n) is 10.7. The zero-order valence-corrected chi connectivity index (χ0v) is 18.0. The quantitative estimate of drug-likeness (QED) is 0.712. The van der Waals surface area contributed by atoms with Crippen molar-refractivity contribution in [2.24, 2.45) is 5.92 Å². The van der Waals surface area contributed by atoms with Crippen LogP contribution in [0.2, 0.25) is 0 Å². The molecule has 2 aromatic rings. The van der Waals surface area contributed by atoms with Gasteiger partial charge in [-0.05, 0) is 60.9 Å². The second-order valence-corrected chi connectivity index (χ2v) is 10.2. The van der Waals surface area contributed by atoms with Gasteiger partial charge in [0.25, 0.3) is 5.91 Å². The van der Waals surface area contributed by atoms with Gasteiger partial charge in [-0.1, -0.05) is 30.3 Å². The maximum atomic E-state index is 12.7. The third-order valence-electron chi connectivity index (χ3n) is 6.09. The van der Waals surface area contributed by atoms with E-state index in [9.17, 15) is 13.2 Å². The van der Waals surface area contributed by atoms with Gasteiger partial charge in [0.2, 0.25) is 10.0 Å². The van der Waals surface area contributed by atoms with E-state index in [1.807, 2.05) is 48.5 Å². The molecular formula is C23H29N3O3S. The lowest BCUT2D eigenvalue weighted by Crippen LogP contribution is -2.42. The number of aryl methyl sites for hydroxylation is 1. The third kappa shape index (κ3) is 5.02. The number of amides is 1. The van der Waals surface area contributed by atoms with Gasteiger partial charge in [-0.3, -0.25) is 4.79 Å². The molecule has 6 nitrogen and oxygen atoms in total. The minimum absolute atomic E-state index is 0.0531. The molecule has 0 unspecified atom stereocenters. The van der Waals surface area contributed by atoms with Crippen molar-refractivity contribution in [3.63, 3.8) is 0 Å². The molecule has 2 aromatic carbocycles. The van der Waals surface area contributed by atoms with Crippen molar-refractivity contribution in [3.8, 4) is 0 Å². The van der Waals surface area contributed by atoms with Crippen molar-refractivity contribution < 1.29 is 13.2 Å². The molecule has 1 amide bonds. The number of carbonyl (C=O) groups is 1. The van der Waals surface area contributed by atoms with E-state index in [0.717, 1.165) is 37.1 Å². The Morgan fingerprint density at radius 2 is 1.87 bits per heavy atom. The molecule has 0 bridgehead atoms. The fraction of sp³-hybridized carbons (Fsp3) is 0.435. The molecule has 0 aromatic heterocycles. The SMILES string of the molecule is O=C(NCC1CCN(S(=O)(=O)CCc2ccccc2)CC1)c1ccc2c(c1)CCN2. The Morgan fingerprint density at radius 1 is 1.10 bits per heavy atom. The number of benzene rings is 2. The molecule has 2 N–H and O–H groups in total. The Hall–Kier alpha value is -2.38. The number of nitrogens with zero attached hydrogens (tertiary/aromatic N) is 1. The van der Waals surface area contributed by atoms with Crippen LogP contribution in [0.3, 0.4) is 0 Å². The number of anilines is 1. The van der Waals surface area contributed by atoms with E-state index in [1.54, 1.807) is 4.31 Å². The number of hydrogen-bond acceptors (Lipinski definition) is 4. The molecular weight excluding hydrogens is 398 g/mol. The molecule has 0 atom stereocenters. The predicted octanol–water partition coefficient (Wildman–Crippen LogP) is 2.67. The first-order valence-corrected chi connectivity index (χ1v) is 12.3. The Labute approximate surface area is 178 Å². The van der Waals surface area contributed by atoms with Crippen LogP contribution in [0.4, 0.5) is 5.69 Å². The monoisotopic (exact) mass is 427 g/mol. The summed E-state index contributed by atoms with van der Waals surface area (Å²) in [5, 5.41) is 6.33. The van der Waals surface area contributed by atoms with Crippen LogP contribution in [0.5, 0.6) is 0 Å². The van der Waals surface area contributed by atoms with Gasteiger partial charge in [0.05, 0.1) is 5.75 Å². The topological polar surface area (TPSA) is 78.5 Å². The zero-order chi connectivity index (χ0) is 21.0. The van der Waals surface area contributed by atoms with Crippen molar-refractivity contribution >= 4 is 21.6 Å². The highest BCUT2D eigenvalue weighted by Crippen LogP contribution is 2.23. The van der Waals surface area contributed by atoms with E-state index in [1.165, 1.54) is 5.56 Å². The molecule has 30 heavy (non-hydrogen) atoms. The van der Waals surface area contributed by atoms with Crippen LogP contribution in [0.15, 0.2) is 48.5 Å². The summed E-state index contributed by atoms with van der Waals surface area (Å²) in [7, 11) is -3.25. The van der Waals surface area contributed by atoms with Gasteiger partial charge < -0.3 is 10.6 Å². The number of hydrogen-bond donors (Lipinski definition) is 2. The largest absolute Gasteiger partial charge is 0.384 e. The van der Waals surface area contributed by atoms with Gasteiger partial charge in [-0.25, -0.2) is 12.7 Å². The van der Waals surface area contributed by atoms with E-state index >= 15 is 0 Å². The lowest BCUT2D eigenvalue weighted by Gasteiger charge is -2.31. The van der Waals surface area contributed by atoms with E-state index in [0.29, 0.717) is 37.5 Å². The Kier molecular flexibility index (Phi) is 6.39. The van der Waals surface area contributed by atoms with E-state index in [-0.39, 0.29) is 11.7 Å². The number of rotatable bonds is 7. The summed E-state index contributed by atoms with van der Waals surface area (Å²) in [4.78, 5) is 12.5. The van der Waals surface area contributed by atoms with Crippen molar-refractivity contribution in [1.82, 2.24) is 9.62 Å². The Bertz CT molecular complexity index is 984. The van der Waals surface area contributed by atoms with E-state index in [2.05, 4.69) is 10.6 Å². The van der Waals surface area contributed by atoms with E-state index in [4.69, 9.17) is 0 Å². The minimum atomic E-state index is -3.25. The number of piperidine rings is 1. The second-order valence-electron chi connectivity index (χ2n) is 8.15. The van der Waals surface area contributed by atoms with Crippen LogP contribution in [-0.2, 0) is 22.9 Å². The molecule has 4 rings (SSSR count). The predicted molar refractivity (Wildman–Crippen MR) is 119 cm³/mol. The average Bonchev–Trinajstić information content (AvgIpc) is 3.25. The van der Waals surface area contributed by atoms with Gasteiger partial charge >= 0.3 is 0 Å². The van der Waals surface area contributed by atoms with Crippen LogP contribution in [-0.4, -0.2) is 50.6 Å². The first kappa shape index (κ1) is 20.9. The minimum Gasteiger partial charge on any atom is -0.384 e. The maximum absolute atomic E-state index is 12.7. The van der Waals surface area contributed by atoms with Gasteiger partial charge in [0.1, 0.15) is 0 Å². The fourth-order valence-electron chi connectivity index (χ4n) is 4.20. The van der Waals surface area contributed by atoms with Crippen molar-refractivity contribution in [3.05, 3.63) is 65.2 Å². The fourth-order valence-corrected chi connectivity index (χ4v) is 5.72. The molecule has 0 aliphatic carbocycles. The Balaban J connectivity index is 1.23. The second kappa shape index (κ2) is 9.18. The molecule has 0 spiro atoms. The standard InChI is InChI=1S/C23H29N3O3S/c27-23(21-6-7-22-20(16-21)8-12-24-22)25-17-19-9-13-26(14-10-19)30(28,29)15-11-18-4-2-1-3-5-18/h1-7,16,19,24H,8-15,17H2,(H,25,27). The van der Waals surface area contributed by atoms with Gasteiger partial charge in [0, 0.05) is 37.4 Å². The normalized spacial score (nSPS) is 17.3. The number of carbonyl (C=O) groups excluding carboxylic acids is 1. The number of sulfonamides is 1. The summed E-state index contributed by atoms with van der Waals surface area (Å²) >= 11 is 0. The molecule has 7 heteroatoms. The molecule has 2 heterocycles. The first-order chi connectivity index (χ1) is 14.5. The smallest absolute Gasteiger partial charge is 0.251 e. The van der Waals surface area contributed by atoms with Crippen molar-refractivity contribution in [2.75, 3.05) is 37.2 Å². The molecule has 0 radical (unpaired) electrons. The lowest BCUT2D eigenvalue weighted by atomic mass is 9.98. The van der Waals surface area contributed by atoms with Crippen molar-refractivity contribution in [2.45, 2.75) is 25.7 Å². The van der Waals surface area contributed by atoms with Crippen LogP contribution in [0.1, 0.15) is 34.3 Å². The molecule has 160 valence electrons. The maximum Gasteiger partial charge on any atom is 0.251 e. The summed E-state index contributed by atoms with van der Waals surface area (Å²) < 4.78 is 26.9. The highest BCUT2D eigenvalue weighted by Gasteiger charge is 2.28. The molecule has 0 saturated carbocycles. The van der Waals surface area contributed by atoms with Crippen LogP contribution in [0, 0.1) is 5.92 Å². The lowest BCUT2D eigenvalue weighted by molar-refractivity contribution is 0.0941. The van der Waals surface area contributed by atoms with E-state index < -0.39 is 10.0 Å². The van der Waals surface area contributed by atoms with Gasteiger partial charge in [0.15, 0.2) is 0 Å². The molecule has 1 fully saturated rings. The summed E-state index contributed by atoms with van der Waals surface area (Å²) in [6.07, 6.45) is 3.04. The number of fused-ring (bicyclic) bond motifs is 1. The van der Waals surface area contributed by atoms with Crippen LogP contribution in [0.25, 0.3) is 0 Å². The highest BCUT2D eigenvalue weighted by molar-refractivity contribution is 7.89. The summed E-state index contributed by atoms with van der Waals surface area (Å²) in [6.45, 7) is 2.57. The molecule has 1 saturated heterocycles. The Morgan fingerprint density at radius 3 is 2.63 bits per heavy atom.